The summed E-state index contributed by atoms with van der Waals surface area (Å²) in [7, 11) is 3.67. The van der Waals surface area contributed by atoms with Crippen molar-refractivity contribution in [1.29, 1.82) is 0 Å². The van der Waals surface area contributed by atoms with E-state index in [9.17, 15) is 0 Å². The van der Waals surface area contributed by atoms with Crippen molar-refractivity contribution in [2.24, 2.45) is 5.92 Å². The topological polar surface area (TPSA) is 43.4 Å². The lowest BCUT2D eigenvalue weighted by Gasteiger charge is -2.02. The second-order valence-electron chi connectivity index (χ2n) is 4.37. The maximum atomic E-state index is 5.40. The van der Waals surface area contributed by atoms with E-state index in [1.165, 1.54) is 16.3 Å². The van der Waals surface area contributed by atoms with Gasteiger partial charge in [0.15, 0.2) is 0 Å². The molecule has 1 saturated heterocycles. The molecule has 0 aliphatic carbocycles. The number of hydrogen-bond acceptors (Lipinski definition) is 5. The number of nitrogens with one attached hydrogen (secondary N) is 1. The van der Waals surface area contributed by atoms with Crippen LogP contribution in [0.15, 0.2) is 0 Å². The molecule has 1 aliphatic heterocycles. The Labute approximate surface area is 106 Å². The predicted octanol–water partition coefficient (Wildman–Crippen LogP) is 1.59. The van der Waals surface area contributed by atoms with E-state index in [1.807, 2.05) is 7.05 Å². The normalized spacial score (nSPS) is 20.0. The minimum atomic E-state index is 0.606. The number of methoxy groups -OCH3 is 1. The fourth-order valence-electron chi connectivity index (χ4n) is 2.06. The molecule has 1 atom stereocenters. The van der Waals surface area contributed by atoms with Crippen LogP contribution in [0.2, 0.25) is 0 Å². The third-order valence-corrected chi connectivity index (χ3v) is 4.05. The summed E-state index contributed by atoms with van der Waals surface area (Å²) in [4.78, 5) is 5.97. The monoisotopic (exact) mass is 256 g/mol. The minimum Gasteiger partial charge on any atom is -0.381 e. The molecule has 1 aromatic heterocycles. The molecule has 2 rings (SSSR count). The van der Waals surface area contributed by atoms with Gasteiger partial charge in [-0.2, -0.15) is 0 Å². The molecule has 2 heterocycles. The molecule has 0 saturated carbocycles. The molecule has 5 heteroatoms. The Balaban J connectivity index is 2.03. The Bertz CT molecular complexity index is 325. The van der Waals surface area contributed by atoms with Crippen molar-refractivity contribution in [1.82, 2.24) is 10.3 Å². The van der Waals surface area contributed by atoms with E-state index >= 15 is 0 Å². The van der Waals surface area contributed by atoms with Crippen LogP contribution in [0, 0.1) is 5.92 Å². The Hall–Kier alpha value is -0.490. The first-order chi connectivity index (χ1) is 8.33. The summed E-state index contributed by atoms with van der Waals surface area (Å²) in [6.07, 6.45) is 2.21. The van der Waals surface area contributed by atoms with Gasteiger partial charge in [-0.25, -0.2) is 4.98 Å². The minimum absolute atomic E-state index is 0.606. The van der Waals surface area contributed by atoms with Crippen molar-refractivity contribution in [3.05, 3.63) is 15.6 Å². The second kappa shape index (κ2) is 6.44. The maximum Gasteiger partial charge on any atom is 0.0936 e. The summed E-state index contributed by atoms with van der Waals surface area (Å²) >= 11 is 1.80. The van der Waals surface area contributed by atoms with Gasteiger partial charge in [0.05, 0.1) is 17.3 Å². The van der Waals surface area contributed by atoms with Crippen LogP contribution in [0.1, 0.15) is 22.0 Å². The van der Waals surface area contributed by atoms with Gasteiger partial charge in [0.1, 0.15) is 0 Å². The summed E-state index contributed by atoms with van der Waals surface area (Å²) in [6.45, 7) is 3.27. The zero-order valence-electron chi connectivity index (χ0n) is 10.5. The van der Waals surface area contributed by atoms with E-state index in [0.717, 1.165) is 31.9 Å². The number of aromatic nitrogens is 1. The zero-order valence-corrected chi connectivity index (χ0v) is 11.3. The van der Waals surface area contributed by atoms with Crippen LogP contribution in [0.25, 0.3) is 0 Å². The number of nitrogens with zero attached hydrogens (tertiary/aromatic N) is 1. The first-order valence-electron chi connectivity index (χ1n) is 6.02. The zero-order chi connectivity index (χ0) is 12.1. The van der Waals surface area contributed by atoms with Crippen molar-refractivity contribution in [3.8, 4) is 0 Å². The fraction of sp³-hybridized carbons (Fsp3) is 0.750. The Morgan fingerprint density at radius 2 is 2.47 bits per heavy atom. The van der Waals surface area contributed by atoms with Crippen LogP contribution >= 0.6 is 11.3 Å². The highest BCUT2D eigenvalue weighted by atomic mass is 32.1. The molecule has 4 nitrogen and oxygen atoms in total. The van der Waals surface area contributed by atoms with Crippen molar-refractivity contribution < 1.29 is 9.47 Å². The first-order valence-corrected chi connectivity index (χ1v) is 6.84. The Morgan fingerprint density at radius 1 is 1.59 bits per heavy atom. The van der Waals surface area contributed by atoms with E-state index in [-0.39, 0.29) is 0 Å². The summed E-state index contributed by atoms with van der Waals surface area (Å²) in [5, 5.41) is 4.40. The van der Waals surface area contributed by atoms with Gasteiger partial charge in [0.2, 0.25) is 0 Å². The average Bonchev–Trinajstić information content (AvgIpc) is 2.91. The predicted molar refractivity (Wildman–Crippen MR) is 68.2 cm³/mol. The molecule has 0 radical (unpaired) electrons. The number of hydrogen-bond donors (Lipinski definition) is 1. The first kappa shape index (κ1) is 13.0. The number of thiazole rings is 1. The van der Waals surface area contributed by atoms with E-state index in [4.69, 9.17) is 9.47 Å². The largest absolute Gasteiger partial charge is 0.381 e. The average molecular weight is 256 g/mol. The van der Waals surface area contributed by atoms with Crippen LogP contribution in [-0.2, 0) is 29.0 Å². The molecule has 1 unspecified atom stereocenters. The summed E-state index contributed by atoms with van der Waals surface area (Å²) < 4.78 is 10.6. The van der Waals surface area contributed by atoms with Gasteiger partial charge in [0.25, 0.3) is 0 Å². The van der Waals surface area contributed by atoms with Crippen LogP contribution in [0.3, 0.4) is 0 Å². The van der Waals surface area contributed by atoms with Gasteiger partial charge in [0, 0.05) is 38.2 Å². The van der Waals surface area contributed by atoms with Gasteiger partial charge in [-0.15, -0.1) is 11.3 Å². The van der Waals surface area contributed by atoms with Crippen molar-refractivity contribution in [2.75, 3.05) is 27.4 Å². The highest BCUT2D eigenvalue weighted by Crippen LogP contribution is 2.24. The van der Waals surface area contributed by atoms with Gasteiger partial charge >= 0.3 is 0 Å². The lowest BCUT2D eigenvalue weighted by atomic mass is 10.1. The highest BCUT2D eigenvalue weighted by Gasteiger charge is 2.19. The van der Waals surface area contributed by atoms with Crippen molar-refractivity contribution in [2.45, 2.75) is 26.0 Å². The lowest BCUT2D eigenvalue weighted by molar-refractivity contribution is 0.180. The molecule has 17 heavy (non-hydrogen) atoms. The SMILES string of the molecule is CNCc1sc(CC2CCOC2)nc1COC. The molecule has 96 valence electrons. The maximum absolute atomic E-state index is 5.40. The molecule has 1 aliphatic rings. The van der Waals surface area contributed by atoms with Crippen LogP contribution in [0.5, 0.6) is 0 Å². The summed E-state index contributed by atoms with van der Waals surface area (Å²) in [5.41, 5.74) is 1.08. The smallest absolute Gasteiger partial charge is 0.0936 e. The quantitative estimate of drug-likeness (QED) is 0.839. The summed E-state index contributed by atoms with van der Waals surface area (Å²) in [5.74, 6) is 0.652. The van der Waals surface area contributed by atoms with Crippen molar-refractivity contribution >= 4 is 11.3 Å². The van der Waals surface area contributed by atoms with Gasteiger partial charge in [-0.1, -0.05) is 0 Å². The van der Waals surface area contributed by atoms with E-state index in [0.29, 0.717) is 12.5 Å². The molecule has 0 amide bonds. The van der Waals surface area contributed by atoms with Crippen LogP contribution < -0.4 is 5.32 Å². The molecular formula is C12H20N2O2S. The summed E-state index contributed by atoms with van der Waals surface area (Å²) in [6, 6.07) is 0. The van der Waals surface area contributed by atoms with Gasteiger partial charge in [-0.05, 0) is 19.4 Å². The Kier molecular flexibility index (Phi) is 4.91. The molecular weight excluding hydrogens is 236 g/mol. The standard InChI is InChI=1S/C12H20N2O2S/c1-13-6-11-10(8-15-2)14-12(17-11)5-9-3-4-16-7-9/h9,13H,3-8H2,1-2H3. The molecule has 0 bridgehead atoms. The number of rotatable bonds is 6. The van der Waals surface area contributed by atoms with Crippen molar-refractivity contribution in [3.63, 3.8) is 0 Å². The van der Waals surface area contributed by atoms with Crippen LogP contribution in [0.4, 0.5) is 0 Å². The molecule has 1 fully saturated rings. The molecule has 0 spiro atoms. The second-order valence-corrected chi connectivity index (χ2v) is 5.54. The van der Waals surface area contributed by atoms with Gasteiger partial charge in [-0.3, -0.25) is 0 Å². The third-order valence-electron chi connectivity index (χ3n) is 2.93. The van der Waals surface area contributed by atoms with E-state index in [2.05, 4.69) is 10.3 Å². The number of ether oxygens (including phenoxy) is 2. The molecule has 1 aromatic rings. The van der Waals surface area contributed by atoms with E-state index < -0.39 is 0 Å². The fourth-order valence-corrected chi connectivity index (χ4v) is 3.26. The molecule has 0 aromatic carbocycles. The third kappa shape index (κ3) is 3.48. The van der Waals surface area contributed by atoms with E-state index in [1.54, 1.807) is 18.4 Å². The lowest BCUT2D eigenvalue weighted by Crippen LogP contribution is -2.06. The van der Waals surface area contributed by atoms with Crippen LogP contribution in [-0.4, -0.2) is 32.4 Å². The molecule has 1 N–H and O–H groups in total. The van der Waals surface area contributed by atoms with Gasteiger partial charge < -0.3 is 14.8 Å². The highest BCUT2D eigenvalue weighted by molar-refractivity contribution is 7.11. The Morgan fingerprint density at radius 3 is 3.12 bits per heavy atom.